The molecule has 0 saturated heterocycles. The first-order chi connectivity index (χ1) is 12.8. The zero-order chi connectivity index (χ0) is 20.0. The van der Waals surface area contributed by atoms with Crippen molar-refractivity contribution >= 4 is 23.5 Å². The predicted molar refractivity (Wildman–Crippen MR) is 105 cm³/mol. The SMILES string of the molecule is COC(=O)CCN(CC(C)C)C(=O)c1c(C)nn(Cc2ccccc2)c1Cl. The van der Waals surface area contributed by atoms with Gasteiger partial charge < -0.3 is 9.64 Å². The van der Waals surface area contributed by atoms with Gasteiger partial charge >= 0.3 is 5.97 Å². The molecule has 146 valence electrons. The van der Waals surface area contributed by atoms with Crippen molar-refractivity contribution in [3.8, 4) is 0 Å². The summed E-state index contributed by atoms with van der Waals surface area (Å²) >= 11 is 6.51. The van der Waals surface area contributed by atoms with Crippen LogP contribution in [-0.2, 0) is 16.1 Å². The maximum Gasteiger partial charge on any atom is 0.307 e. The van der Waals surface area contributed by atoms with Gasteiger partial charge in [-0.1, -0.05) is 55.8 Å². The Morgan fingerprint density at radius 2 is 1.93 bits per heavy atom. The molecule has 2 rings (SSSR count). The van der Waals surface area contributed by atoms with Gasteiger partial charge in [0.2, 0.25) is 0 Å². The summed E-state index contributed by atoms with van der Waals surface area (Å²) in [6, 6.07) is 9.80. The van der Waals surface area contributed by atoms with E-state index in [0.717, 1.165) is 5.56 Å². The molecule has 2 aromatic rings. The maximum absolute atomic E-state index is 13.1. The Kier molecular flexibility index (Phi) is 7.42. The summed E-state index contributed by atoms with van der Waals surface area (Å²) < 4.78 is 6.32. The largest absolute Gasteiger partial charge is 0.469 e. The molecule has 0 radical (unpaired) electrons. The van der Waals surface area contributed by atoms with Gasteiger partial charge in [0.15, 0.2) is 0 Å². The third-order valence-electron chi connectivity index (χ3n) is 4.14. The number of nitrogens with zero attached hydrogens (tertiary/aromatic N) is 3. The monoisotopic (exact) mass is 391 g/mol. The van der Waals surface area contributed by atoms with E-state index < -0.39 is 0 Å². The summed E-state index contributed by atoms with van der Waals surface area (Å²) in [5, 5.41) is 4.76. The van der Waals surface area contributed by atoms with Gasteiger partial charge in [-0.05, 0) is 18.4 Å². The third-order valence-corrected chi connectivity index (χ3v) is 4.52. The molecule has 0 unspecified atom stereocenters. The summed E-state index contributed by atoms with van der Waals surface area (Å²) in [4.78, 5) is 26.3. The molecule has 0 N–H and O–H groups in total. The number of rotatable bonds is 8. The number of amides is 1. The van der Waals surface area contributed by atoms with E-state index in [4.69, 9.17) is 11.6 Å². The molecular formula is C20H26ClN3O3. The Morgan fingerprint density at radius 3 is 2.52 bits per heavy atom. The minimum atomic E-state index is -0.348. The van der Waals surface area contributed by atoms with Crippen LogP contribution in [0.25, 0.3) is 0 Å². The number of hydrogen-bond donors (Lipinski definition) is 0. The lowest BCUT2D eigenvalue weighted by atomic mass is 10.1. The highest BCUT2D eigenvalue weighted by Crippen LogP contribution is 2.23. The summed E-state index contributed by atoms with van der Waals surface area (Å²) in [5.74, 6) is -0.307. The smallest absolute Gasteiger partial charge is 0.307 e. The van der Waals surface area contributed by atoms with Crippen molar-refractivity contribution in [3.05, 3.63) is 52.3 Å². The number of halogens is 1. The lowest BCUT2D eigenvalue weighted by molar-refractivity contribution is -0.140. The van der Waals surface area contributed by atoms with Crippen LogP contribution in [0, 0.1) is 12.8 Å². The summed E-state index contributed by atoms with van der Waals surface area (Å²) in [7, 11) is 1.34. The molecule has 1 aromatic carbocycles. The standard InChI is InChI=1S/C20H26ClN3O3/c1-14(2)12-23(11-10-17(25)27-4)20(26)18-15(3)22-24(19(18)21)13-16-8-6-5-7-9-16/h5-9,14H,10-13H2,1-4H3. The van der Waals surface area contributed by atoms with Crippen molar-refractivity contribution in [2.75, 3.05) is 20.2 Å². The van der Waals surface area contributed by atoms with Crippen LogP contribution >= 0.6 is 11.6 Å². The second kappa shape index (κ2) is 9.55. The molecule has 0 aliphatic heterocycles. The highest BCUT2D eigenvalue weighted by molar-refractivity contribution is 6.33. The molecule has 1 aromatic heterocycles. The highest BCUT2D eigenvalue weighted by Gasteiger charge is 2.26. The Hall–Kier alpha value is -2.34. The number of esters is 1. The lowest BCUT2D eigenvalue weighted by Crippen LogP contribution is -2.36. The first kappa shape index (κ1) is 21.0. The maximum atomic E-state index is 13.1. The number of carbonyl (C=O) groups is 2. The number of aryl methyl sites for hydroxylation is 1. The van der Waals surface area contributed by atoms with Crippen LogP contribution < -0.4 is 0 Å². The highest BCUT2D eigenvalue weighted by atomic mass is 35.5. The first-order valence-electron chi connectivity index (χ1n) is 8.96. The Bertz CT molecular complexity index is 787. The van der Waals surface area contributed by atoms with E-state index in [-0.39, 0.29) is 30.8 Å². The lowest BCUT2D eigenvalue weighted by Gasteiger charge is -2.24. The Morgan fingerprint density at radius 1 is 1.26 bits per heavy atom. The Labute approximate surface area is 165 Å². The van der Waals surface area contributed by atoms with Crippen LogP contribution in [0.5, 0.6) is 0 Å². The van der Waals surface area contributed by atoms with Gasteiger partial charge in [-0.2, -0.15) is 5.10 Å². The van der Waals surface area contributed by atoms with Gasteiger partial charge in [0, 0.05) is 13.1 Å². The van der Waals surface area contributed by atoms with E-state index in [9.17, 15) is 9.59 Å². The van der Waals surface area contributed by atoms with E-state index in [1.165, 1.54) is 7.11 Å². The molecule has 0 atom stereocenters. The Balaban J connectivity index is 2.25. The third kappa shape index (κ3) is 5.57. The quantitative estimate of drug-likeness (QED) is 0.645. The molecule has 0 spiro atoms. The second-order valence-electron chi connectivity index (χ2n) is 6.87. The molecule has 1 amide bonds. The van der Waals surface area contributed by atoms with Crippen LogP contribution in [0.15, 0.2) is 30.3 Å². The molecule has 1 heterocycles. The van der Waals surface area contributed by atoms with Gasteiger partial charge in [-0.25, -0.2) is 4.68 Å². The number of aromatic nitrogens is 2. The van der Waals surface area contributed by atoms with E-state index >= 15 is 0 Å². The van der Waals surface area contributed by atoms with E-state index in [1.807, 2.05) is 44.2 Å². The molecule has 0 saturated carbocycles. The van der Waals surface area contributed by atoms with E-state index in [2.05, 4.69) is 9.84 Å². The fourth-order valence-electron chi connectivity index (χ4n) is 2.86. The van der Waals surface area contributed by atoms with Crippen LogP contribution in [0.3, 0.4) is 0 Å². The zero-order valence-electron chi connectivity index (χ0n) is 16.2. The summed E-state index contributed by atoms with van der Waals surface area (Å²) in [6.07, 6.45) is 0.143. The average molecular weight is 392 g/mol. The fraction of sp³-hybridized carbons (Fsp3) is 0.450. The van der Waals surface area contributed by atoms with E-state index in [1.54, 1.807) is 16.5 Å². The van der Waals surface area contributed by atoms with Crippen molar-refractivity contribution in [1.29, 1.82) is 0 Å². The molecule has 0 fully saturated rings. The second-order valence-corrected chi connectivity index (χ2v) is 7.22. The minimum Gasteiger partial charge on any atom is -0.469 e. The van der Waals surface area contributed by atoms with Crippen LogP contribution in [0.1, 0.15) is 41.9 Å². The minimum absolute atomic E-state index is 0.143. The van der Waals surface area contributed by atoms with Crippen molar-refractivity contribution in [2.45, 2.75) is 33.7 Å². The summed E-state index contributed by atoms with van der Waals surface area (Å²) in [6.45, 7) is 7.10. The first-order valence-corrected chi connectivity index (χ1v) is 9.34. The van der Waals surface area contributed by atoms with Gasteiger partial charge in [-0.15, -0.1) is 0 Å². The van der Waals surface area contributed by atoms with Crippen molar-refractivity contribution in [3.63, 3.8) is 0 Å². The van der Waals surface area contributed by atoms with Crippen LogP contribution in [0.2, 0.25) is 5.15 Å². The van der Waals surface area contributed by atoms with E-state index in [0.29, 0.717) is 29.5 Å². The number of ether oxygens (including phenoxy) is 1. The fourth-order valence-corrected chi connectivity index (χ4v) is 3.18. The van der Waals surface area contributed by atoms with Gasteiger partial charge in [0.1, 0.15) is 5.15 Å². The molecule has 7 heteroatoms. The number of carbonyl (C=O) groups excluding carboxylic acids is 2. The molecule has 6 nitrogen and oxygen atoms in total. The van der Waals surface area contributed by atoms with Gasteiger partial charge in [0.05, 0.1) is 31.3 Å². The number of hydrogen-bond acceptors (Lipinski definition) is 4. The predicted octanol–water partition coefficient (Wildman–Crippen LogP) is 3.55. The van der Waals surface area contributed by atoms with Crippen LogP contribution in [0.4, 0.5) is 0 Å². The summed E-state index contributed by atoms with van der Waals surface area (Å²) in [5.41, 5.74) is 2.01. The van der Waals surface area contributed by atoms with Crippen molar-refractivity contribution < 1.29 is 14.3 Å². The number of methoxy groups -OCH3 is 1. The molecular weight excluding hydrogens is 366 g/mol. The molecule has 0 aliphatic rings. The van der Waals surface area contributed by atoms with Gasteiger partial charge in [0.25, 0.3) is 5.91 Å². The van der Waals surface area contributed by atoms with Crippen LogP contribution in [-0.4, -0.2) is 46.8 Å². The van der Waals surface area contributed by atoms with Crippen molar-refractivity contribution in [2.24, 2.45) is 5.92 Å². The molecule has 27 heavy (non-hydrogen) atoms. The normalized spacial score (nSPS) is 10.9. The molecule has 0 aliphatic carbocycles. The number of benzene rings is 1. The topological polar surface area (TPSA) is 64.4 Å². The average Bonchev–Trinajstić information content (AvgIpc) is 2.91. The zero-order valence-corrected chi connectivity index (χ0v) is 17.0. The molecule has 0 bridgehead atoms. The van der Waals surface area contributed by atoms with Gasteiger partial charge in [-0.3, -0.25) is 9.59 Å². The van der Waals surface area contributed by atoms with Crippen molar-refractivity contribution in [1.82, 2.24) is 14.7 Å².